The lowest BCUT2D eigenvalue weighted by molar-refractivity contribution is 0.237. The van der Waals surface area contributed by atoms with Crippen molar-refractivity contribution in [2.75, 3.05) is 58.7 Å². The minimum absolute atomic E-state index is 0.316. The van der Waals surface area contributed by atoms with Gasteiger partial charge in [0, 0.05) is 65.1 Å². The topological polar surface area (TPSA) is 111 Å². The summed E-state index contributed by atoms with van der Waals surface area (Å²) in [4.78, 5) is 21.7. The van der Waals surface area contributed by atoms with Crippen LogP contribution in [0.25, 0.3) is 55.7 Å². The van der Waals surface area contributed by atoms with Crippen LogP contribution in [-0.4, -0.2) is 93.4 Å². The quantitative estimate of drug-likeness (QED) is 0.170. The number of ether oxygens (including phenoxy) is 1. The van der Waals surface area contributed by atoms with E-state index >= 15 is 0 Å². The summed E-state index contributed by atoms with van der Waals surface area (Å²) in [6.45, 7) is 5.38. The van der Waals surface area contributed by atoms with Crippen molar-refractivity contribution in [3.63, 3.8) is 0 Å². The van der Waals surface area contributed by atoms with Gasteiger partial charge in [0.15, 0.2) is 0 Å². The maximum absolute atomic E-state index is 14.7. The number of aromatic amines is 2. The number of H-pyrrole nitrogens is 2. The molecule has 0 bridgehead atoms. The molecule has 7 rings (SSSR count). The second-order valence-electron chi connectivity index (χ2n) is 11.8. The number of hydrogen-bond donors (Lipinski definition) is 3. The third-order valence-corrected chi connectivity index (χ3v) is 8.19. The summed E-state index contributed by atoms with van der Waals surface area (Å²) in [6.07, 6.45) is 9.59. The summed E-state index contributed by atoms with van der Waals surface area (Å²) < 4.78 is 20.7. The number of hydrogen-bond acceptors (Lipinski definition) is 8. The zero-order valence-electron chi connectivity index (χ0n) is 25.5. The van der Waals surface area contributed by atoms with E-state index in [-0.39, 0.29) is 5.82 Å². The second-order valence-corrected chi connectivity index (χ2v) is 11.8. The maximum Gasteiger partial charge on any atom is 0.138 e. The van der Waals surface area contributed by atoms with Crippen molar-refractivity contribution >= 4 is 27.5 Å². The Labute approximate surface area is 260 Å². The highest BCUT2D eigenvalue weighted by atomic mass is 19.1. The monoisotopic (exact) mass is 605 g/mol. The first-order chi connectivity index (χ1) is 22.0. The van der Waals surface area contributed by atoms with E-state index in [9.17, 15) is 4.39 Å². The van der Waals surface area contributed by atoms with Crippen LogP contribution < -0.4 is 10.1 Å². The molecule has 45 heavy (non-hydrogen) atoms. The Hall–Kier alpha value is -4.87. The van der Waals surface area contributed by atoms with Gasteiger partial charge in [-0.3, -0.25) is 25.0 Å². The van der Waals surface area contributed by atoms with Gasteiger partial charge in [-0.05, 0) is 82.5 Å². The van der Waals surface area contributed by atoms with Crippen molar-refractivity contribution in [1.29, 1.82) is 0 Å². The van der Waals surface area contributed by atoms with Crippen LogP contribution >= 0.6 is 0 Å². The molecule has 1 aliphatic heterocycles. The minimum atomic E-state index is -0.316. The van der Waals surface area contributed by atoms with E-state index in [4.69, 9.17) is 4.74 Å². The van der Waals surface area contributed by atoms with E-state index in [0.717, 1.165) is 82.1 Å². The summed E-state index contributed by atoms with van der Waals surface area (Å²) in [5, 5.41) is 12.9. The average molecular weight is 606 g/mol. The van der Waals surface area contributed by atoms with E-state index in [0.29, 0.717) is 24.4 Å². The number of nitrogens with one attached hydrogen (secondary N) is 3. The van der Waals surface area contributed by atoms with Gasteiger partial charge in [0.2, 0.25) is 0 Å². The van der Waals surface area contributed by atoms with E-state index in [1.54, 1.807) is 24.8 Å². The number of pyridine rings is 3. The van der Waals surface area contributed by atoms with Crippen LogP contribution in [0.3, 0.4) is 0 Å². The van der Waals surface area contributed by atoms with E-state index in [1.807, 2.05) is 44.4 Å². The Balaban J connectivity index is 1.17. The standard InChI is InChI=1S/C34H36FN9O/c1-43(2)10-7-37-25-14-22(13-24(35)16-25)33-27-18-31(40-29(27)5-6-38-33)34-28-17-30(39-21-32(28)41-42-34)23-15-26(20-36-19-23)45-12-11-44-8-3-4-9-44/h5-6,13-21,37,40H,3-4,7-12H2,1-2H3,(H,41,42). The molecule has 1 aromatic carbocycles. The molecule has 11 heteroatoms. The van der Waals surface area contributed by atoms with Gasteiger partial charge < -0.3 is 19.9 Å². The summed E-state index contributed by atoms with van der Waals surface area (Å²) in [6, 6.07) is 12.9. The molecule has 1 aliphatic rings. The highest BCUT2D eigenvalue weighted by molar-refractivity contribution is 6.00. The van der Waals surface area contributed by atoms with Crippen LogP contribution in [0.4, 0.5) is 10.1 Å². The Morgan fingerprint density at radius 2 is 1.80 bits per heavy atom. The fraction of sp³-hybridized carbons (Fsp3) is 0.294. The van der Waals surface area contributed by atoms with Gasteiger partial charge in [0.25, 0.3) is 0 Å². The van der Waals surface area contributed by atoms with Crippen molar-refractivity contribution < 1.29 is 9.13 Å². The summed E-state index contributed by atoms with van der Waals surface area (Å²) >= 11 is 0. The van der Waals surface area contributed by atoms with Gasteiger partial charge in [-0.15, -0.1) is 0 Å². The van der Waals surface area contributed by atoms with Crippen molar-refractivity contribution in [1.82, 2.24) is 39.9 Å². The zero-order valence-corrected chi connectivity index (χ0v) is 25.5. The van der Waals surface area contributed by atoms with Crippen LogP contribution in [0.15, 0.2) is 67.3 Å². The molecule has 1 saturated heterocycles. The third-order valence-electron chi connectivity index (χ3n) is 8.19. The number of halogens is 1. The highest BCUT2D eigenvalue weighted by Crippen LogP contribution is 2.35. The fourth-order valence-corrected chi connectivity index (χ4v) is 5.88. The molecule has 0 saturated carbocycles. The van der Waals surface area contributed by atoms with E-state index < -0.39 is 0 Å². The first-order valence-corrected chi connectivity index (χ1v) is 15.3. The molecule has 0 atom stereocenters. The van der Waals surface area contributed by atoms with Gasteiger partial charge >= 0.3 is 0 Å². The number of fused-ring (bicyclic) bond motifs is 2. The fourth-order valence-electron chi connectivity index (χ4n) is 5.88. The molecule has 3 N–H and O–H groups in total. The smallest absolute Gasteiger partial charge is 0.138 e. The van der Waals surface area contributed by atoms with Crippen LogP contribution in [0.1, 0.15) is 12.8 Å². The Morgan fingerprint density at radius 3 is 2.67 bits per heavy atom. The van der Waals surface area contributed by atoms with Gasteiger partial charge in [-0.1, -0.05) is 0 Å². The SMILES string of the molecule is CN(C)CCNc1cc(F)cc(-c2nccc3[nH]c(-c4n[nH]c5cnc(-c6cncc(OCCN7CCCC7)c6)cc45)cc23)c1. The number of likely N-dealkylation sites (N-methyl/N-ethyl adjacent to an activating group) is 1. The van der Waals surface area contributed by atoms with Gasteiger partial charge in [0.05, 0.1) is 35.0 Å². The van der Waals surface area contributed by atoms with Crippen molar-refractivity contribution in [3.8, 4) is 39.7 Å². The maximum atomic E-state index is 14.7. The number of nitrogens with zero attached hydrogens (tertiary/aromatic N) is 6. The Morgan fingerprint density at radius 1 is 0.933 bits per heavy atom. The van der Waals surface area contributed by atoms with Crippen molar-refractivity contribution in [3.05, 3.63) is 73.1 Å². The lowest BCUT2D eigenvalue weighted by Gasteiger charge is -2.15. The molecule has 0 aliphatic carbocycles. The predicted molar refractivity (Wildman–Crippen MR) is 176 cm³/mol. The van der Waals surface area contributed by atoms with Crippen molar-refractivity contribution in [2.45, 2.75) is 12.8 Å². The molecule has 0 amide bonds. The first kappa shape index (κ1) is 28.9. The zero-order chi connectivity index (χ0) is 30.8. The molecule has 6 heterocycles. The minimum Gasteiger partial charge on any atom is -0.491 e. The molecule has 1 fully saturated rings. The lowest BCUT2D eigenvalue weighted by Crippen LogP contribution is -2.25. The molecule has 230 valence electrons. The van der Waals surface area contributed by atoms with Gasteiger partial charge in [-0.2, -0.15) is 5.10 Å². The van der Waals surface area contributed by atoms with Crippen LogP contribution in [0, 0.1) is 5.82 Å². The molecular formula is C34H36FN9O. The summed E-state index contributed by atoms with van der Waals surface area (Å²) in [7, 11) is 4.02. The molecule has 0 unspecified atom stereocenters. The molecular weight excluding hydrogens is 569 g/mol. The molecule has 10 nitrogen and oxygen atoms in total. The van der Waals surface area contributed by atoms with Crippen LogP contribution in [0.5, 0.6) is 5.75 Å². The molecule has 6 aromatic rings. The number of likely N-dealkylation sites (tertiary alicyclic amines) is 1. The summed E-state index contributed by atoms with van der Waals surface area (Å²) in [5.41, 5.74) is 7.03. The van der Waals surface area contributed by atoms with Gasteiger partial charge in [0.1, 0.15) is 23.9 Å². The van der Waals surface area contributed by atoms with Crippen LogP contribution in [0.2, 0.25) is 0 Å². The highest BCUT2D eigenvalue weighted by Gasteiger charge is 2.17. The number of anilines is 1. The summed E-state index contributed by atoms with van der Waals surface area (Å²) in [5.74, 6) is 0.411. The predicted octanol–water partition coefficient (Wildman–Crippen LogP) is 5.82. The van der Waals surface area contributed by atoms with Gasteiger partial charge in [-0.25, -0.2) is 4.39 Å². The number of benzene rings is 1. The Kier molecular flexibility index (Phi) is 8.10. The normalized spacial score (nSPS) is 13.8. The second kappa shape index (κ2) is 12.6. The molecule has 0 spiro atoms. The average Bonchev–Trinajstić information content (AvgIpc) is 3.80. The van der Waals surface area contributed by atoms with E-state index in [1.165, 1.54) is 25.0 Å². The molecule has 0 radical (unpaired) electrons. The Bertz CT molecular complexity index is 1940. The first-order valence-electron chi connectivity index (χ1n) is 15.3. The molecule has 5 aromatic heterocycles. The lowest BCUT2D eigenvalue weighted by atomic mass is 10.1. The number of aromatic nitrogens is 6. The number of rotatable bonds is 11. The third kappa shape index (κ3) is 6.36. The van der Waals surface area contributed by atoms with Crippen molar-refractivity contribution in [2.24, 2.45) is 0 Å². The van der Waals surface area contributed by atoms with E-state index in [2.05, 4.69) is 45.2 Å². The largest absolute Gasteiger partial charge is 0.491 e. The van der Waals surface area contributed by atoms with Crippen LogP contribution in [-0.2, 0) is 0 Å².